The van der Waals surface area contributed by atoms with Gasteiger partial charge in [0.1, 0.15) is 5.92 Å². The van der Waals surface area contributed by atoms with E-state index in [1.54, 1.807) is 5.32 Å². The van der Waals surface area contributed by atoms with Crippen molar-refractivity contribution in [1.29, 1.82) is 0 Å². The highest BCUT2D eigenvalue weighted by Gasteiger charge is 2.66. The molecule has 1 fully saturated rings. The van der Waals surface area contributed by atoms with Gasteiger partial charge in [0.25, 0.3) is 5.72 Å². The van der Waals surface area contributed by atoms with Crippen LogP contribution in [0.1, 0.15) is 18.5 Å². The highest BCUT2D eigenvalue weighted by Crippen LogP contribution is 2.46. The molecule has 0 aromatic heterocycles. The molecule has 3 N–H and O–H groups in total. The van der Waals surface area contributed by atoms with E-state index in [0.29, 0.717) is 0 Å². The van der Waals surface area contributed by atoms with Gasteiger partial charge in [-0.2, -0.15) is 13.2 Å². The predicted molar refractivity (Wildman–Crippen MR) is 92.3 cm³/mol. The van der Waals surface area contributed by atoms with Crippen molar-refractivity contribution in [2.75, 3.05) is 20.8 Å². The number of carbonyl (C=O) groups excluding carboxylic acids is 1. The molecule has 27 heavy (non-hydrogen) atoms. The molecule has 0 spiro atoms. The number of hydrogen-bond donors (Lipinski definition) is 3. The first kappa shape index (κ1) is 21.0. The maximum atomic E-state index is 13.7. The summed E-state index contributed by atoms with van der Waals surface area (Å²) < 4.78 is 56.3. The molecule has 1 aromatic rings. The fourth-order valence-corrected chi connectivity index (χ4v) is 3.24. The van der Waals surface area contributed by atoms with E-state index < -0.39 is 34.9 Å². The molecule has 1 saturated heterocycles. The lowest BCUT2D eigenvalue weighted by Crippen LogP contribution is -2.73. The minimum Gasteiger partial charge on any atom is -0.493 e. The molecule has 3 atom stereocenters. The van der Waals surface area contributed by atoms with Gasteiger partial charge in [-0.25, -0.2) is 0 Å². The van der Waals surface area contributed by atoms with Gasteiger partial charge in [0, 0.05) is 5.56 Å². The van der Waals surface area contributed by atoms with Crippen LogP contribution in [0.5, 0.6) is 11.5 Å². The lowest BCUT2D eigenvalue weighted by Gasteiger charge is -2.45. The summed E-state index contributed by atoms with van der Waals surface area (Å²) in [4.78, 5) is 12.4. The van der Waals surface area contributed by atoms with Gasteiger partial charge >= 0.3 is 12.1 Å². The zero-order valence-electron chi connectivity index (χ0n) is 14.7. The number of nitrogens with one attached hydrogen (secondary N) is 2. The number of benzene rings is 1. The normalized spacial score (nSPS) is 25.2. The molecular formula is C16H19F3N2O5S. The van der Waals surface area contributed by atoms with Gasteiger partial charge < -0.3 is 30.0 Å². The van der Waals surface area contributed by atoms with E-state index in [1.165, 1.54) is 39.3 Å². The van der Waals surface area contributed by atoms with Gasteiger partial charge in [0.05, 0.1) is 26.9 Å². The maximum Gasteiger partial charge on any atom is 0.437 e. The number of rotatable bonds is 5. The minimum atomic E-state index is -5.22. The summed E-state index contributed by atoms with van der Waals surface area (Å²) in [5, 5.41) is 14.3. The molecule has 0 aliphatic carbocycles. The Kier molecular flexibility index (Phi) is 6.05. The molecule has 11 heteroatoms. The lowest BCUT2D eigenvalue weighted by atomic mass is 9.81. The van der Waals surface area contributed by atoms with Crippen LogP contribution in [0.15, 0.2) is 18.2 Å². The highest BCUT2D eigenvalue weighted by molar-refractivity contribution is 7.80. The van der Waals surface area contributed by atoms with Crippen molar-refractivity contribution in [2.24, 2.45) is 5.92 Å². The van der Waals surface area contributed by atoms with Crippen molar-refractivity contribution in [2.45, 2.75) is 24.9 Å². The highest BCUT2D eigenvalue weighted by atomic mass is 32.1. The average molecular weight is 408 g/mol. The van der Waals surface area contributed by atoms with Crippen molar-refractivity contribution in [3.63, 3.8) is 0 Å². The van der Waals surface area contributed by atoms with Gasteiger partial charge in [-0.15, -0.1) is 0 Å². The summed E-state index contributed by atoms with van der Waals surface area (Å²) >= 11 is 4.84. The van der Waals surface area contributed by atoms with Gasteiger partial charge in [0.2, 0.25) is 0 Å². The summed E-state index contributed by atoms with van der Waals surface area (Å²) in [6.45, 7) is 1.27. The summed E-state index contributed by atoms with van der Waals surface area (Å²) in [5.74, 6) is -3.03. The zero-order valence-corrected chi connectivity index (χ0v) is 15.5. The third kappa shape index (κ3) is 3.74. The molecular weight excluding hydrogens is 389 g/mol. The van der Waals surface area contributed by atoms with E-state index in [4.69, 9.17) is 26.4 Å². The number of thiocarbonyl (C=S) groups is 1. The second-order valence-electron chi connectivity index (χ2n) is 5.65. The first-order valence-corrected chi connectivity index (χ1v) is 8.26. The largest absolute Gasteiger partial charge is 0.493 e. The molecule has 150 valence electrons. The Balaban J connectivity index is 2.68. The van der Waals surface area contributed by atoms with Crippen molar-refractivity contribution in [3.8, 4) is 11.5 Å². The number of aliphatic hydroxyl groups is 1. The average Bonchev–Trinajstić information content (AvgIpc) is 2.59. The fourth-order valence-electron chi connectivity index (χ4n) is 2.95. The van der Waals surface area contributed by atoms with Crippen LogP contribution >= 0.6 is 12.2 Å². The predicted octanol–water partition coefficient (Wildman–Crippen LogP) is 1.65. The molecule has 1 aromatic carbocycles. The van der Waals surface area contributed by atoms with E-state index in [1.807, 2.05) is 0 Å². The monoisotopic (exact) mass is 408 g/mol. The quantitative estimate of drug-likeness (QED) is 0.501. The van der Waals surface area contributed by atoms with Gasteiger partial charge in [-0.05, 0) is 25.2 Å². The Morgan fingerprint density at radius 3 is 2.52 bits per heavy atom. The Bertz CT molecular complexity index is 730. The van der Waals surface area contributed by atoms with Crippen LogP contribution in [0.25, 0.3) is 0 Å². The zero-order chi connectivity index (χ0) is 20.4. The second kappa shape index (κ2) is 7.77. The van der Waals surface area contributed by atoms with E-state index in [-0.39, 0.29) is 23.7 Å². The fraction of sp³-hybridized carbons (Fsp3) is 0.500. The smallest absolute Gasteiger partial charge is 0.437 e. The summed E-state index contributed by atoms with van der Waals surface area (Å²) in [6, 6.07) is 3.10. The first-order chi connectivity index (χ1) is 12.6. The van der Waals surface area contributed by atoms with Crippen molar-refractivity contribution >= 4 is 23.3 Å². The summed E-state index contributed by atoms with van der Waals surface area (Å²) in [5.41, 5.74) is -3.50. The summed E-state index contributed by atoms with van der Waals surface area (Å²) in [6.07, 6.45) is -5.22. The molecule has 7 nitrogen and oxygen atoms in total. The van der Waals surface area contributed by atoms with Gasteiger partial charge in [-0.3, -0.25) is 4.79 Å². The molecule has 0 unspecified atom stereocenters. The Morgan fingerprint density at radius 1 is 1.33 bits per heavy atom. The maximum absolute atomic E-state index is 13.7. The molecule has 0 radical (unpaired) electrons. The van der Waals surface area contributed by atoms with E-state index in [9.17, 15) is 23.1 Å². The van der Waals surface area contributed by atoms with Crippen LogP contribution in [-0.4, -0.2) is 48.9 Å². The molecule has 1 heterocycles. The molecule has 1 aliphatic heterocycles. The standard InChI is InChI=1S/C16H19F3N2O5S/c1-4-26-13(22)10-11(8-6-5-7-9(24-2)12(8)25-3)20-14(27)21-15(10,23)16(17,18)19/h5-7,10-11,23H,4H2,1-3H3,(H2,20,21,27)/t10-,11+,15+/m0/s1. The second-order valence-corrected chi connectivity index (χ2v) is 6.06. The van der Waals surface area contributed by atoms with E-state index in [2.05, 4.69) is 5.32 Å². The molecule has 0 saturated carbocycles. The van der Waals surface area contributed by atoms with E-state index in [0.717, 1.165) is 0 Å². The number of ether oxygens (including phenoxy) is 3. The SMILES string of the molecule is CCOC(=O)[C@@H]1[C@@H](c2cccc(OC)c2OC)NC(=S)N[C@]1(O)C(F)(F)F. The number of para-hydroxylation sites is 1. The third-order valence-electron chi connectivity index (χ3n) is 4.12. The van der Waals surface area contributed by atoms with Gasteiger partial charge in [0.15, 0.2) is 16.6 Å². The van der Waals surface area contributed by atoms with Gasteiger partial charge in [-0.1, -0.05) is 12.1 Å². The first-order valence-electron chi connectivity index (χ1n) is 7.86. The number of carbonyl (C=O) groups is 1. The lowest BCUT2D eigenvalue weighted by molar-refractivity contribution is -0.292. The summed E-state index contributed by atoms with van der Waals surface area (Å²) in [7, 11) is 2.66. The van der Waals surface area contributed by atoms with Crippen LogP contribution in [0.4, 0.5) is 13.2 Å². The number of halogens is 3. The number of hydrogen-bond acceptors (Lipinski definition) is 6. The van der Waals surface area contributed by atoms with Crippen LogP contribution < -0.4 is 20.1 Å². The molecule has 2 rings (SSSR count). The van der Waals surface area contributed by atoms with Crippen molar-refractivity contribution < 1.29 is 37.3 Å². The van der Waals surface area contributed by atoms with Crippen LogP contribution in [0, 0.1) is 5.92 Å². The van der Waals surface area contributed by atoms with Crippen LogP contribution in [0.2, 0.25) is 0 Å². The molecule has 1 aliphatic rings. The number of alkyl halides is 3. The number of methoxy groups -OCH3 is 2. The topological polar surface area (TPSA) is 89.1 Å². The van der Waals surface area contributed by atoms with E-state index >= 15 is 0 Å². The molecule has 0 bridgehead atoms. The number of esters is 1. The Hall–Kier alpha value is -2.27. The third-order valence-corrected chi connectivity index (χ3v) is 4.34. The minimum absolute atomic E-state index is 0.0982. The Labute approximate surface area is 158 Å². The van der Waals surface area contributed by atoms with Crippen LogP contribution in [-0.2, 0) is 9.53 Å². The molecule has 0 amide bonds. The Morgan fingerprint density at radius 2 is 2.00 bits per heavy atom. The van der Waals surface area contributed by atoms with Crippen molar-refractivity contribution in [1.82, 2.24) is 10.6 Å². The van der Waals surface area contributed by atoms with Crippen molar-refractivity contribution in [3.05, 3.63) is 23.8 Å². The van der Waals surface area contributed by atoms with Crippen LogP contribution in [0.3, 0.4) is 0 Å².